The Balaban J connectivity index is 1.44. The molecule has 0 spiro atoms. The number of rotatable bonds is 6. The Morgan fingerprint density at radius 2 is 1.92 bits per heavy atom. The fourth-order valence-corrected chi connectivity index (χ4v) is 2.99. The Morgan fingerprint density at radius 3 is 2.54 bits per heavy atom. The van der Waals surface area contributed by atoms with Gasteiger partial charge in [0.2, 0.25) is 5.91 Å². The van der Waals surface area contributed by atoms with Crippen molar-refractivity contribution in [2.75, 3.05) is 25.0 Å². The summed E-state index contributed by atoms with van der Waals surface area (Å²) in [6.45, 7) is 3.83. The number of hydrogen-bond donors (Lipinski definition) is 1. The van der Waals surface area contributed by atoms with Crippen molar-refractivity contribution >= 4 is 11.6 Å². The van der Waals surface area contributed by atoms with Gasteiger partial charge in [-0.3, -0.25) is 4.79 Å². The molecule has 2 aromatic rings. The van der Waals surface area contributed by atoms with Crippen molar-refractivity contribution in [1.82, 2.24) is 4.90 Å². The standard InChI is InChI=1S/C21H23FN2O2/c1-16(25)23-20-6-8-21(9-7-20)26-15-14-24-12-10-18(11-13-24)17-2-4-19(22)5-3-17/h2-10,12,18H,11,13-15H2,1H3,(H,23,25). The van der Waals surface area contributed by atoms with Crippen molar-refractivity contribution in [2.45, 2.75) is 19.3 Å². The lowest BCUT2D eigenvalue weighted by atomic mass is 9.93. The maximum absolute atomic E-state index is 13.0. The lowest BCUT2D eigenvalue weighted by molar-refractivity contribution is -0.114. The van der Waals surface area contributed by atoms with Gasteiger partial charge in [-0.1, -0.05) is 18.2 Å². The van der Waals surface area contributed by atoms with Gasteiger partial charge in [0.05, 0.1) is 6.54 Å². The van der Waals surface area contributed by atoms with Gasteiger partial charge < -0.3 is 15.0 Å². The van der Waals surface area contributed by atoms with Crippen LogP contribution in [0.1, 0.15) is 24.8 Å². The predicted molar refractivity (Wildman–Crippen MR) is 101 cm³/mol. The third-order valence-corrected chi connectivity index (χ3v) is 4.38. The summed E-state index contributed by atoms with van der Waals surface area (Å²) in [5.41, 5.74) is 1.91. The SMILES string of the molecule is CC(=O)Nc1ccc(OCCN2C=CC(c3ccc(F)cc3)CC2)cc1. The van der Waals surface area contributed by atoms with Crippen molar-refractivity contribution < 1.29 is 13.9 Å². The Morgan fingerprint density at radius 1 is 1.19 bits per heavy atom. The molecule has 1 heterocycles. The molecule has 1 unspecified atom stereocenters. The summed E-state index contributed by atoms with van der Waals surface area (Å²) in [5.74, 6) is 0.838. The smallest absolute Gasteiger partial charge is 0.221 e. The van der Waals surface area contributed by atoms with E-state index in [0.29, 0.717) is 12.5 Å². The molecule has 0 fully saturated rings. The van der Waals surface area contributed by atoms with Crippen LogP contribution in [-0.2, 0) is 4.79 Å². The molecule has 0 saturated heterocycles. The van der Waals surface area contributed by atoms with E-state index in [1.807, 2.05) is 36.4 Å². The van der Waals surface area contributed by atoms with Crippen LogP contribution in [-0.4, -0.2) is 30.5 Å². The van der Waals surface area contributed by atoms with Gasteiger partial charge in [-0.05, 0) is 54.6 Å². The van der Waals surface area contributed by atoms with Gasteiger partial charge in [0.1, 0.15) is 18.2 Å². The van der Waals surface area contributed by atoms with Crippen molar-refractivity contribution in [3.63, 3.8) is 0 Å². The molecule has 5 heteroatoms. The van der Waals surface area contributed by atoms with Gasteiger partial charge in [-0.2, -0.15) is 0 Å². The zero-order valence-corrected chi connectivity index (χ0v) is 14.8. The second-order valence-electron chi connectivity index (χ2n) is 6.38. The Bertz CT molecular complexity index is 757. The largest absolute Gasteiger partial charge is 0.492 e. The number of carbonyl (C=O) groups excluding carboxylic acids is 1. The van der Waals surface area contributed by atoms with Crippen LogP contribution in [0, 0.1) is 5.82 Å². The molecule has 1 amide bonds. The Hall–Kier alpha value is -2.82. The number of ether oxygens (including phenoxy) is 1. The monoisotopic (exact) mass is 354 g/mol. The second kappa shape index (κ2) is 8.52. The lowest BCUT2D eigenvalue weighted by Gasteiger charge is -2.28. The number of anilines is 1. The van der Waals surface area contributed by atoms with E-state index < -0.39 is 0 Å². The topological polar surface area (TPSA) is 41.6 Å². The van der Waals surface area contributed by atoms with E-state index in [2.05, 4.69) is 22.5 Å². The van der Waals surface area contributed by atoms with Crippen molar-refractivity contribution in [3.05, 3.63) is 72.2 Å². The molecule has 0 aromatic heterocycles. The maximum atomic E-state index is 13.0. The van der Waals surface area contributed by atoms with Crippen molar-refractivity contribution in [1.29, 1.82) is 0 Å². The molecule has 1 atom stereocenters. The molecule has 1 N–H and O–H groups in total. The van der Waals surface area contributed by atoms with Crippen LogP contribution in [0.25, 0.3) is 0 Å². The van der Waals surface area contributed by atoms with Crippen molar-refractivity contribution in [3.8, 4) is 5.75 Å². The zero-order valence-electron chi connectivity index (χ0n) is 14.8. The quantitative estimate of drug-likeness (QED) is 0.847. The van der Waals surface area contributed by atoms with Crippen LogP contribution >= 0.6 is 0 Å². The minimum Gasteiger partial charge on any atom is -0.492 e. The molecule has 0 bridgehead atoms. The number of nitrogens with zero attached hydrogens (tertiary/aromatic N) is 1. The number of amides is 1. The highest BCUT2D eigenvalue weighted by Gasteiger charge is 2.15. The number of carbonyl (C=O) groups is 1. The van der Waals surface area contributed by atoms with E-state index in [1.165, 1.54) is 19.1 Å². The first-order valence-electron chi connectivity index (χ1n) is 8.78. The van der Waals surface area contributed by atoms with Crippen LogP contribution in [0.2, 0.25) is 0 Å². The molecule has 136 valence electrons. The molecule has 4 nitrogen and oxygen atoms in total. The summed E-state index contributed by atoms with van der Waals surface area (Å²) in [5, 5.41) is 2.73. The van der Waals surface area contributed by atoms with Gasteiger partial charge >= 0.3 is 0 Å². The van der Waals surface area contributed by atoms with E-state index in [-0.39, 0.29) is 11.7 Å². The molecular formula is C21H23FN2O2. The van der Waals surface area contributed by atoms with Crippen LogP contribution in [0.15, 0.2) is 60.8 Å². The Kier molecular flexibility index (Phi) is 5.89. The predicted octanol–water partition coefficient (Wildman–Crippen LogP) is 4.17. The van der Waals surface area contributed by atoms with Gasteiger partial charge in [0.15, 0.2) is 0 Å². The summed E-state index contributed by atoms with van der Waals surface area (Å²) >= 11 is 0. The molecule has 1 aliphatic rings. The van der Waals surface area contributed by atoms with Crippen LogP contribution < -0.4 is 10.1 Å². The molecule has 3 rings (SSSR count). The average molecular weight is 354 g/mol. The van der Waals surface area contributed by atoms with Gasteiger partial charge in [-0.25, -0.2) is 4.39 Å². The van der Waals surface area contributed by atoms with E-state index in [4.69, 9.17) is 4.74 Å². The van der Waals surface area contributed by atoms with E-state index in [9.17, 15) is 9.18 Å². The molecule has 26 heavy (non-hydrogen) atoms. The summed E-state index contributed by atoms with van der Waals surface area (Å²) in [6, 6.07) is 14.1. The first-order valence-corrected chi connectivity index (χ1v) is 8.78. The minimum absolute atomic E-state index is 0.0884. The maximum Gasteiger partial charge on any atom is 0.221 e. The zero-order chi connectivity index (χ0) is 18.4. The minimum atomic E-state index is -0.197. The highest BCUT2D eigenvalue weighted by Crippen LogP contribution is 2.25. The van der Waals surface area contributed by atoms with Crippen LogP contribution in [0.5, 0.6) is 5.75 Å². The third-order valence-electron chi connectivity index (χ3n) is 4.38. The summed E-state index contributed by atoms with van der Waals surface area (Å²) in [4.78, 5) is 13.2. The second-order valence-corrected chi connectivity index (χ2v) is 6.38. The molecule has 0 aliphatic carbocycles. The van der Waals surface area contributed by atoms with Crippen LogP contribution in [0.4, 0.5) is 10.1 Å². The average Bonchev–Trinajstić information content (AvgIpc) is 2.64. The van der Waals surface area contributed by atoms with E-state index >= 15 is 0 Å². The molecule has 1 aliphatic heterocycles. The van der Waals surface area contributed by atoms with Gasteiger partial charge in [-0.15, -0.1) is 0 Å². The highest BCUT2D eigenvalue weighted by atomic mass is 19.1. The van der Waals surface area contributed by atoms with Gasteiger partial charge in [0, 0.05) is 25.1 Å². The number of allylic oxidation sites excluding steroid dienone is 1. The van der Waals surface area contributed by atoms with E-state index in [1.54, 1.807) is 0 Å². The summed E-state index contributed by atoms with van der Waals surface area (Å²) in [6.07, 6.45) is 5.27. The first-order chi connectivity index (χ1) is 12.6. The molecule has 0 saturated carbocycles. The lowest BCUT2D eigenvalue weighted by Crippen LogP contribution is -2.28. The number of nitrogens with one attached hydrogen (secondary N) is 1. The number of halogens is 1. The van der Waals surface area contributed by atoms with E-state index in [0.717, 1.165) is 36.5 Å². The molecular weight excluding hydrogens is 331 g/mol. The van der Waals surface area contributed by atoms with Crippen LogP contribution in [0.3, 0.4) is 0 Å². The number of hydrogen-bond acceptors (Lipinski definition) is 3. The molecule has 0 radical (unpaired) electrons. The van der Waals surface area contributed by atoms with Crippen molar-refractivity contribution in [2.24, 2.45) is 0 Å². The summed E-state index contributed by atoms with van der Waals surface area (Å²) < 4.78 is 18.8. The third kappa shape index (κ3) is 5.09. The normalized spacial score (nSPS) is 16.4. The highest BCUT2D eigenvalue weighted by molar-refractivity contribution is 5.88. The summed E-state index contributed by atoms with van der Waals surface area (Å²) in [7, 11) is 0. The van der Waals surface area contributed by atoms with Gasteiger partial charge in [0.25, 0.3) is 0 Å². The molecule has 2 aromatic carbocycles. The fraction of sp³-hybridized carbons (Fsp3) is 0.286. The first kappa shape index (κ1) is 18.0. The Labute approximate surface area is 153 Å². The fourth-order valence-electron chi connectivity index (χ4n) is 2.99. The number of benzene rings is 2.